The van der Waals surface area contributed by atoms with Crippen LogP contribution in [-0.2, 0) is 9.84 Å². The van der Waals surface area contributed by atoms with Crippen molar-refractivity contribution >= 4 is 32.9 Å². The normalized spacial score (nSPS) is 12.1. The van der Waals surface area contributed by atoms with E-state index in [0.29, 0.717) is 28.4 Å². The molecule has 0 amide bonds. The quantitative estimate of drug-likeness (QED) is 0.567. The number of nitrogens with zero attached hydrogens (tertiary/aromatic N) is 3. The second-order valence-corrected chi connectivity index (χ2v) is 7.77. The Labute approximate surface area is 158 Å². The summed E-state index contributed by atoms with van der Waals surface area (Å²) in [6, 6.07) is 8.85. The summed E-state index contributed by atoms with van der Waals surface area (Å²) in [5.74, 6) is -1.97. The molecule has 0 unspecified atom stereocenters. The van der Waals surface area contributed by atoms with E-state index in [9.17, 15) is 17.2 Å². The van der Waals surface area contributed by atoms with Gasteiger partial charge in [-0.1, -0.05) is 6.07 Å². The monoisotopic (exact) mass is 398 g/mol. The molecule has 0 saturated carbocycles. The van der Waals surface area contributed by atoms with E-state index in [0.717, 1.165) is 12.1 Å². The van der Waals surface area contributed by atoms with Gasteiger partial charge in [0.1, 0.15) is 11.6 Å². The SMILES string of the molecule is O=S(=O)(c1cc(F)cc(F)c1)c1cc2c(/C=C/c3ccccn3)n[nH]c2cn1. The summed E-state index contributed by atoms with van der Waals surface area (Å²) < 4.78 is 52.4. The molecule has 6 nitrogen and oxygen atoms in total. The molecular weight excluding hydrogens is 386 g/mol. The highest BCUT2D eigenvalue weighted by atomic mass is 32.2. The van der Waals surface area contributed by atoms with Gasteiger partial charge in [-0.15, -0.1) is 0 Å². The van der Waals surface area contributed by atoms with Crippen molar-refractivity contribution in [1.82, 2.24) is 20.2 Å². The molecule has 0 spiro atoms. The lowest BCUT2D eigenvalue weighted by Gasteiger charge is -2.04. The summed E-state index contributed by atoms with van der Waals surface area (Å²) in [5, 5.41) is 7.07. The number of hydrogen-bond acceptors (Lipinski definition) is 5. The van der Waals surface area contributed by atoms with Gasteiger partial charge in [-0.25, -0.2) is 22.2 Å². The van der Waals surface area contributed by atoms with Gasteiger partial charge < -0.3 is 0 Å². The second kappa shape index (κ2) is 6.93. The summed E-state index contributed by atoms with van der Waals surface area (Å²) >= 11 is 0. The smallest absolute Gasteiger partial charge is 0.224 e. The van der Waals surface area contributed by atoms with Crippen LogP contribution < -0.4 is 0 Å². The Balaban J connectivity index is 1.78. The summed E-state index contributed by atoms with van der Waals surface area (Å²) in [6.07, 6.45) is 6.36. The van der Waals surface area contributed by atoms with Crippen molar-refractivity contribution in [2.24, 2.45) is 0 Å². The molecule has 0 radical (unpaired) electrons. The van der Waals surface area contributed by atoms with E-state index in [1.165, 1.54) is 12.3 Å². The molecule has 0 fully saturated rings. The first-order valence-corrected chi connectivity index (χ1v) is 9.56. The Bertz CT molecular complexity index is 1280. The van der Waals surface area contributed by atoms with E-state index in [-0.39, 0.29) is 5.03 Å². The zero-order valence-corrected chi connectivity index (χ0v) is 15.0. The van der Waals surface area contributed by atoms with Crippen molar-refractivity contribution in [3.05, 3.63) is 77.9 Å². The number of benzene rings is 1. The van der Waals surface area contributed by atoms with E-state index in [2.05, 4.69) is 20.2 Å². The predicted molar refractivity (Wildman–Crippen MR) is 98.9 cm³/mol. The van der Waals surface area contributed by atoms with E-state index < -0.39 is 26.4 Å². The summed E-state index contributed by atoms with van der Waals surface area (Å²) in [7, 11) is -4.21. The lowest BCUT2D eigenvalue weighted by molar-refractivity contribution is 0.566. The fourth-order valence-electron chi connectivity index (χ4n) is 2.64. The van der Waals surface area contributed by atoms with Crippen LogP contribution >= 0.6 is 0 Å². The number of nitrogens with one attached hydrogen (secondary N) is 1. The Morgan fingerprint density at radius 1 is 0.964 bits per heavy atom. The highest BCUT2D eigenvalue weighted by Gasteiger charge is 2.22. The first-order chi connectivity index (χ1) is 13.4. The van der Waals surface area contributed by atoms with Crippen molar-refractivity contribution < 1.29 is 17.2 Å². The van der Waals surface area contributed by atoms with Crippen LogP contribution in [0, 0.1) is 11.6 Å². The Hall–Kier alpha value is -3.46. The van der Waals surface area contributed by atoms with Gasteiger partial charge in [0, 0.05) is 17.6 Å². The standard InChI is InChI=1S/C19H12F2N4O2S/c20-12-7-13(21)9-15(8-12)28(26,27)19-10-16-17(24-25-18(16)11-23-19)5-4-14-3-1-2-6-22-14/h1-11H,(H,24,25)/b5-4+. The Morgan fingerprint density at radius 2 is 1.75 bits per heavy atom. The lowest BCUT2D eigenvalue weighted by Crippen LogP contribution is -2.05. The number of pyridine rings is 2. The van der Waals surface area contributed by atoms with Crippen LogP contribution in [0.4, 0.5) is 8.78 Å². The highest BCUT2D eigenvalue weighted by Crippen LogP contribution is 2.25. The molecule has 4 rings (SSSR count). The van der Waals surface area contributed by atoms with Crippen LogP contribution in [0.1, 0.15) is 11.4 Å². The van der Waals surface area contributed by atoms with Gasteiger partial charge in [0.15, 0.2) is 5.03 Å². The summed E-state index contributed by atoms with van der Waals surface area (Å²) in [4.78, 5) is 7.56. The molecule has 0 aliphatic heterocycles. The molecule has 3 aromatic heterocycles. The van der Waals surface area contributed by atoms with Crippen molar-refractivity contribution in [3.8, 4) is 0 Å². The van der Waals surface area contributed by atoms with Crippen molar-refractivity contribution in [2.45, 2.75) is 9.92 Å². The molecule has 0 aliphatic rings. The van der Waals surface area contributed by atoms with Crippen LogP contribution in [-0.4, -0.2) is 28.6 Å². The number of halogens is 2. The fraction of sp³-hybridized carbons (Fsp3) is 0. The molecule has 1 N–H and O–H groups in total. The minimum Gasteiger partial charge on any atom is -0.276 e. The number of sulfone groups is 1. The highest BCUT2D eigenvalue weighted by molar-refractivity contribution is 7.91. The van der Waals surface area contributed by atoms with Gasteiger partial charge in [0.05, 0.1) is 28.0 Å². The summed E-state index contributed by atoms with van der Waals surface area (Å²) in [6.45, 7) is 0. The largest absolute Gasteiger partial charge is 0.276 e. The number of H-pyrrole nitrogens is 1. The number of aromatic nitrogens is 4. The van der Waals surface area contributed by atoms with Gasteiger partial charge in [0.25, 0.3) is 0 Å². The topological polar surface area (TPSA) is 88.6 Å². The minimum absolute atomic E-state index is 0.334. The zero-order chi connectivity index (χ0) is 19.7. The molecule has 3 heterocycles. The number of aromatic amines is 1. The van der Waals surface area contributed by atoms with Gasteiger partial charge in [-0.05, 0) is 42.5 Å². The zero-order valence-electron chi connectivity index (χ0n) is 14.2. The molecule has 1 aromatic carbocycles. The second-order valence-electron chi connectivity index (χ2n) is 5.87. The maximum atomic E-state index is 13.4. The van der Waals surface area contributed by atoms with Gasteiger partial charge in [-0.3, -0.25) is 10.1 Å². The molecule has 4 aromatic rings. The van der Waals surface area contributed by atoms with Crippen molar-refractivity contribution in [3.63, 3.8) is 0 Å². The van der Waals surface area contributed by atoms with Gasteiger partial charge in [-0.2, -0.15) is 5.10 Å². The van der Waals surface area contributed by atoms with Gasteiger partial charge >= 0.3 is 0 Å². The fourth-order valence-corrected chi connectivity index (χ4v) is 3.88. The van der Waals surface area contributed by atoms with Crippen LogP contribution in [0.25, 0.3) is 23.1 Å². The first-order valence-electron chi connectivity index (χ1n) is 8.08. The van der Waals surface area contributed by atoms with Crippen LogP contribution in [0.5, 0.6) is 0 Å². The molecule has 0 saturated heterocycles. The third kappa shape index (κ3) is 3.39. The number of hydrogen-bond donors (Lipinski definition) is 1. The van der Waals surface area contributed by atoms with E-state index in [4.69, 9.17) is 0 Å². The minimum atomic E-state index is -4.21. The van der Waals surface area contributed by atoms with E-state index in [1.54, 1.807) is 30.5 Å². The van der Waals surface area contributed by atoms with E-state index >= 15 is 0 Å². The molecule has 140 valence electrons. The molecule has 9 heteroatoms. The Morgan fingerprint density at radius 3 is 2.46 bits per heavy atom. The average molecular weight is 398 g/mol. The first kappa shape index (κ1) is 17.9. The Kier molecular flexibility index (Phi) is 4.44. The van der Waals surface area contributed by atoms with E-state index in [1.807, 2.05) is 6.07 Å². The maximum absolute atomic E-state index is 13.4. The van der Waals surface area contributed by atoms with Crippen LogP contribution in [0.2, 0.25) is 0 Å². The third-order valence-electron chi connectivity index (χ3n) is 3.97. The number of rotatable bonds is 4. The van der Waals surface area contributed by atoms with Crippen molar-refractivity contribution in [1.29, 1.82) is 0 Å². The molecular formula is C19H12F2N4O2S. The van der Waals surface area contributed by atoms with Crippen molar-refractivity contribution in [2.75, 3.05) is 0 Å². The predicted octanol–water partition coefficient (Wildman–Crippen LogP) is 3.63. The molecule has 0 aliphatic carbocycles. The summed E-state index contributed by atoms with van der Waals surface area (Å²) in [5.41, 5.74) is 1.70. The molecule has 28 heavy (non-hydrogen) atoms. The lowest BCUT2D eigenvalue weighted by atomic mass is 10.2. The number of fused-ring (bicyclic) bond motifs is 1. The van der Waals surface area contributed by atoms with Crippen LogP contribution in [0.3, 0.4) is 0 Å². The average Bonchev–Trinajstić information content (AvgIpc) is 3.09. The molecule has 0 bridgehead atoms. The molecule has 0 atom stereocenters. The van der Waals surface area contributed by atoms with Gasteiger partial charge in [0.2, 0.25) is 9.84 Å². The van der Waals surface area contributed by atoms with Crippen LogP contribution in [0.15, 0.2) is 64.8 Å². The maximum Gasteiger partial charge on any atom is 0.224 e. The third-order valence-corrected chi connectivity index (χ3v) is 5.60.